The molecule has 6 heteroatoms. The maximum absolute atomic E-state index is 12.1. The first-order valence-corrected chi connectivity index (χ1v) is 3.90. The van der Waals surface area contributed by atoms with Gasteiger partial charge in [-0.3, -0.25) is 4.98 Å². The fraction of sp³-hybridized carbons (Fsp3) is 0.375. The van der Waals surface area contributed by atoms with Gasteiger partial charge in [-0.05, 0) is 18.9 Å². The van der Waals surface area contributed by atoms with Gasteiger partial charge in [0.05, 0.1) is 0 Å². The predicted molar refractivity (Wildman–Crippen MR) is 40.0 cm³/mol. The number of rotatable bonds is 1. The molecule has 78 valence electrons. The molecular weight excluding hydrogens is 197 g/mol. The number of aromatic nitrogens is 1. The maximum Gasteiger partial charge on any atom is 0.433 e. The second-order valence-corrected chi connectivity index (χ2v) is 2.99. The van der Waals surface area contributed by atoms with E-state index in [1.807, 2.05) is 0 Å². The largest absolute Gasteiger partial charge is 0.858 e. The first kappa shape index (κ1) is 10.8. The van der Waals surface area contributed by atoms with E-state index in [4.69, 9.17) is 0 Å². The number of hydrogen-bond acceptors (Lipinski definition) is 2. The lowest BCUT2D eigenvalue weighted by molar-refractivity contribution is -0.423. The molecular formula is C8H9F3N2O. The number of halogens is 3. The van der Waals surface area contributed by atoms with Crippen LogP contribution in [0.4, 0.5) is 13.2 Å². The first-order valence-electron chi connectivity index (χ1n) is 3.90. The van der Waals surface area contributed by atoms with Gasteiger partial charge in [0, 0.05) is 5.56 Å². The standard InChI is InChI=1S/C8H9F3N2O/c1-4(12)5-2-3-6(8(9,10)11)13-7(5)14/h2-4H,12H2,1H3,(H,13,14)/t4-/m0/s1. The lowest BCUT2D eigenvalue weighted by atomic mass is 10.1. The van der Waals surface area contributed by atoms with E-state index in [1.165, 1.54) is 0 Å². The highest BCUT2D eigenvalue weighted by Gasteiger charge is 2.32. The average molecular weight is 206 g/mol. The highest BCUT2D eigenvalue weighted by molar-refractivity contribution is 5.28. The number of alkyl halides is 3. The third kappa shape index (κ3) is 2.14. The average Bonchev–Trinajstić information content (AvgIpc) is 2.01. The minimum atomic E-state index is -4.57. The molecule has 0 aliphatic rings. The van der Waals surface area contributed by atoms with Gasteiger partial charge in [-0.25, -0.2) is 0 Å². The Morgan fingerprint density at radius 1 is 1.43 bits per heavy atom. The Morgan fingerprint density at radius 2 is 2.00 bits per heavy atom. The summed E-state index contributed by atoms with van der Waals surface area (Å²) in [5, 5.41) is 11.1. The summed E-state index contributed by atoms with van der Waals surface area (Å²) in [5.74, 6) is -0.859. The lowest BCUT2D eigenvalue weighted by Crippen LogP contribution is -2.52. The molecule has 0 aromatic carbocycles. The topological polar surface area (TPSA) is 63.6 Å². The monoisotopic (exact) mass is 206 g/mol. The van der Waals surface area contributed by atoms with Gasteiger partial charge in [0.1, 0.15) is 11.7 Å². The molecule has 0 radical (unpaired) electrons. The van der Waals surface area contributed by atoms with Gasteiger partial charge in [-0.15, -0.1) is 0 Å². The van der Waals surface area contributed by atoms with E-state index in [-0.39, 0.29) is 11.6 Å². The Bertz CT molecular complexity index is 336. The number of quaternary nitrogens is 1. The second kappa shape index (κ2) is 3.45. The normalized spacial score (nSPS) is 14.1. The van der Waals surface area contributed by atoms with Crippen LogP contribution in [0.5, 0.6) is 5.88 Å². The van der Waals surface area contributed by atoms with Crippen molar-refractivity contribution in [2.45, 2.75) is 19.1 Å². The molecule has 1 heterocycles. The van der Waals surface area contributed by atoms with Crippen molar-refractivity contribution < 1.29 is 24.0 Å². The summed E-state index contributed by atoms with van der Waals surface area (Å²) in [4.78, 5) is 2.95. The molecule has 14 heavy (non-hydrogen) atoms. The van der Waals surface area contributed by atoms with Gasteiger partial charge in [-0.2, -0.15) is 13.2 Å². The zero-order valence-corrected chi connectivity index (χ0v) is 7.43. The molecule has 0 spiro atoms. The van der Waals surface area contributed by atoms with Crippen molar-refractivity contribution in [2.24, 2.45) is 0 Å². The summed E-state index contributed by atoms with van der Waals surface area (Å²) in [7, 11) is 0. The van der Waals surface area contributed by atoms with Gasteiger partial charge < -0.3 is 10.8 Å². The minimum absolute atomic E-state index is 0.193. The SMILES string of the molecule is C[C@H]([NH3+])c1ccc(C(F)(F)F)nc1[O-]. The molecule has 0 aliphatic carbocycles. The van der Waals surface area contributed by atoms with E-state index >= 15 is 0 Å². The lowest BCUT2D eigenvalue weighted by Gasteiger charge is -2.15. The quantitative estimate of drug-likeness (QED) is 0.726. The molecule has 0 amide bonds. The number of pyridine rings is 1. The van der Waals surface area contributed by atoms with Crippen molar-refractivity contribution in [1.29, 1.82) is 0 Å². The van der Waals surface area contributed by atoms with Crippen LogP contribution in [0.3, 0.4) is 0 Å². The van der Waals surface area contributed by atoms with E-state index < -0.39 is 17.8 Å². The van der Waals surface area contributed by atoms with Crippen LogP contribution in [0.15, 0.2) is 12.1 Å². The molecule has 0 unspecified atom stereocenters. The second-order valence-electron chi connectivity index (χ2n) is 2.99. The summed E-state index contributed by atoms with van der Waals surface area (Å²) in [5.41, 5.74) is 2.57. The molecule has 1 atom stereocenters. The van der Waals surface area contributed by atoms with Crippen LogP contribution in [0, 0.1) is 0 Å². The highest BCUT2D eigenvalue weighted by Crippen LogP contribution is 2.29. The van der Waals surface area contributed by atoms with Gasteiger partial charge >= 0.3 is 6.18 Å². The van der Waals surface area contributed by atoms with Crippen molar-refractivity contribution in [3.63, 3.8) is 0 Å². The summed E-state index contributed by atoms with van der Waals surface area (Å²) in [6.07, 6.45) is -4.57. The molecule has 3 N–H and O–H groups in total. The van der Waals surface area contributed by atoms with E-state index in [2.05, 4.69) is 10.7 Å². The third-order valence-electron chi connectivity index (χ3n) is 1.71. The Morgan fingerprint density at radius 3 is 2.36 bits per heavy atom. The third-order valence-corrected chi connectivity index (χ3v) is 1.71. The van der Waals surface area contributed by atoms with Crippen molar-refractivity contribution in [2.75, 3.05) is 0 Å². The highest BCUT2D eigenvalue weighted by atomic mass is 19.4. The summed E-state index contributed by atoms with van der Waals surface area (Å²) in [6.45, 7) is 1.62. The molecule has 1 rings (SSSR count). The number of nitrogens with zero attached hydrogens (tertiary/aromatic N) is 1. The first-order chi connectivity index (χ1) is 6.32. The fourth-order valence-corrected chi connectivity index (χ4v) is 0.984. The predicted octanol–water partition coefficient (Wildman–Crippen LogP) is 0.477. The van der Waals surface area contributed by atoms with Crippen molar-refractivity contribution in [3.05, 3.63) is 23.4 Å². The zero-order chi connectivity index (χ0) is 10.9. The van der Waals surface area contributed by atoms with Gasteiger partial charge in [0.25, 0.3) is 0 Å². The molecule has 1 aromatic heterocycles. The van der Waals surface area contributed by atoms with Crippen LogP contribution in [-0.4, -0.2) is 4.98 Å². The van der Waals surface area contributed by atoms with Gasteiger partial charge in [0.2, 0.25) is 0 Å². The zero-order valence-electron chi connectivity index (χ0n) is 7.43. The Kier molecular flexibility index (Phi) is 2.66. The molecule has 0 fully saturated rings. The number of hydrogen-bond donors (Lipinski definition) is 1. The fourth-order valence-electron chi connectivity index (χ4n) is 0.984. The van der Waals surface area contributed by atoms with Crippen LogP contribution < -0.4 is 10.8 Å². The minimum Gasteiger partial charge on any atom is -0.858 e. The Labute approximate surface area is 78.4 Å². The van der Waals surface area contributed by atoms with Crippen LogP contribution >= 0.6 is 0 Å². The summed E-state index contributed by atoms with van der Waals surface area (Å²) < 4.78 is 36.3. The van der Waals surface area contributed by atoms with Crippen LogP contribution in [-0.2, 0) is 6.18 Å². The molecule has 0 bridgehead atoms. The van der Waals surface area contributed by atoms with E-state index in [0.29, 0.717) is 0 Å². The van der Waals surface area contributed by atoms with Crippen molar-refractivity contribution in [1.82, 2.24) is 4.98 Å². The summed E-state index contributed by atoms with van der Waals surface area (Å²) in [6, 6.07) is 1.55. The Balaban J connectivity index is 3.13. The summed E-state index contributed by atoms with van der Waals surface area (Å²) >= 11 is 0. The van der Waals surface area contributed by atoms with Crippen molar-refractivity contribution in [3.8, 4) is 5.88 Å². The Hall–Kier alpha value is -1.30. The van der Waals surface area contributed by atoms with Crippen LogP contribution in [0.25, 0.3) is 0 Å². The van der Waals surface area contributed by atoms with Crippen LogP contribution in [0.2, 0.25) is 0 Å². The van der Waals surface area contributed by atoms with Gasteiger partial charge in [-0.1, -0.05) is 6.07 Å². The molecule has 0 saturated carbocycles. The molecule has 3 nitrogen and oxygen atoms in total. The van der Waals surface area contributed by atoms with E-state index in [9.17, 15) is 18.3 Å². The molecule has 0 saturated heterocycles. The maximum atomic E-state index is 12.1. The van der Waals surface area contributed by atoms with Crippen molar-refractivity contribution >= 4 is 0 Å². The molecule has 1 aromatic rings. The van der Waals surface area contributed by atoms with E-state index in [1.54, 1.807) is 6.92 Å². The van der Waals surface area contributed by atoms with Gasteiger partial charge in [0.15, 0.2) is 0 Å². The van der Waals surface area contributed by atoms with E-state index in [0.717, 1.165) is 12.1 Å². The molecule has 0 aliphatic heterocycles. The smallest absolute Gasteiger partial charge is 0.433 e. The van der Waals surface area contributed by atoms with Crippen LogP contribution in [0.1, 0.15) is 24.2 Å².